The second-order valence-electron chi connectivity index (χ2n) is 2.26. The predicted octanol–water partition coefficient (Wildman–Crippen LogP) is 1.40. The molecule has 1 heteroatoms. The second kappa shape index (κ2) is 7.19. The van der Waals surface area contributed by atoms with Crippen LogP contribution in [0, 0.1) is 24.2 Å². The molecule has 0 aromatic carbocycles. The van der Waals surface area contributed by atoms with Gasteiger partial charge in [0.2, 0.25) is 0 Å². The van der Waals surface area contributed by atoms with E-state index in [1.807, 2.05) is 6.92 Å². The molecule has 1 nitrogen and oxygen atoms in total. The topological polar surface area (TPSA) is 12.0 Å². The first-order chi connectivity index (χ1) is 5.35. The highest BCUT2D eigenvalue weighted by Crippen LogP contribution is 1.87. The first-order valence-corrected chi connectivity index (χ1v) is 3.94. The van der Waals surface area contributed by atoms with E-state index in [1.165, 1.54) is 0 Å². The molecule has 0 rings (SSSR count). The minimum absolute atomic E-state index is 0.216. The Morgan fingerprint density at radius 2 is 2.27 bits per heavy atom. The van der Waals surface area contributed by atoms with Gasteiger partial charge >= 0.3 is 0 Å². The smallest absolute Gasteiger partial charge is 0.0684 e. The molecule has 0 bridgehead atoms. The molecule has 0 fully saturated rings. The van der Waals surface area contributed by atoms with Crippen LogP contribution in [0.25, 0.3) is 0 Å². The monoisotopic (exact) mass is 149 g/mol. The molecule has 0 aromatic rings. The lowest BCUT2D eigenvalue weighted by Gasteiger charge is -2.07. The summed E-state index contributed by atoms with van der Waals surface area (Å²) >= 11 is 0. The van der Waals surface area contributed by atoms with Crippen LogP contribution in [0.3, 0.4) is 0 Å². The highest BCUT2D eigenvalue weighted by atomic mass is 14.9. The summed E-state index contributed by atoms with van der Waals surface area (Å²) in [6.07, 6.45) is 7.12. The van der Waals surface area contributed by atoms with Crippen LogP contribution in [0.15, 0.2) is 0 Å². The van der Waals surface area contributed by atoms with Gasteiger partial charge in [0.15, 0.2) is 0 Å². The molecule has 60 valence electrons. The van der Waals surface area contributed by atoms with Crippen LogP contribution in [0.4, 0.5) is 0 Å². The van der Waals surface area contributed by atoms with E-state index in [2.05, 4.69) is 30.0 Å². The summed E-state index contributed by atoms with van der Waals surface area (Å²) in [6.45, 7) is 4.81. The van der Waals surface area contributed by atoms with Crippen molar-refractivity contribution in [1.29, 1.82) is 0 Å². The average Bonchev–Trinajstić information content (AvgIpc) is 2.05. The first kappa shape index (κ1) is 10.1. The Hall–Kier alpha value is -0.920. The van der Waals surface area contributed by atoms with Crippen molar-refractivity contribution in [1.82, 2.24) is 5.32 Å². The van der Waals surface area contributed by atoms with E-state index in [0.29, 0.717) is 0 Å². The lowest BCUT2D eigenvalue weighted by Crippen LogP contribution is -2.27. The third-order valence-corrected chi connectivity index (χ3v) is 1.43. The van der Waals surface area contributed by atoms with Crippen molar-refractivity contribution in [3.05, 3.63) is 0 Å². The SMILES string of the molecule is C#CC(CC)NCCC#CC. The van der Waals surface area contributed by atoms with E-state index in [0.717, 1.165) is 19.4 Å². The largest absolute Gasteiger partial charge is 0.303 e. The average molecular weight is 149 g/mol. The van der Waals surface area contributed by atoms with Crippen LogP contribution in [0.1, 0.15) is 26.7 Å². The fourth-order valence-corrected chi connectivity index (χ4v) is 0.755. The molecule has 0 saturated carbocycles. The Labute approximate surface area is 69.6 Å². The summed E-state index contributed by atoms with van der Waals surface area (Å²) in [5.74, 6) is 8.48. The molecule has 1 unspecified atom stereocenters. The van der Waals surface area contributed by atoms with Crippen molar-refractivity contribution in [3.8, 4) is 24.2 Å². The van der Waals surface area contributed by atoms with Crippen molar-refractivity contribution in [2.45, 2.75) is 32.7 Å². The standard InChI is InChI=1S/C10H15N/c1-4-7-8-9-11-10(5-2)6-3/h2,10-11H,6,8-9H2,1,3H3. The number of hydrogen-bond donors (Lipinski definition) is 1. The molecular formula is C10H15N. The molecule has 0 radical (unpaired) electrons. The number of hydrogen-bond acceptors (Lipinski definition) is 1. The third kappa shape index (κ3) is 5.52. The van der Waals surface area contributed by atoms with E-state index in [-0.39, 0.29) is 6.04 Å². The van der Waals surface area contributed by atoms with Gasteiger partial charge in [-0.2, -0.15) is 0 Å². The van der Waals surface area contributed by atoms with Gasteiger partial charge in [-0.25, -0.2) is 0 Å². The molecule has 0 aliphatic heterocycles. The zero-order valence-electron chi connectivity index (χ0n) is 7.28. The highest BCUT2D eigenvalue weighted by molar-refractivity contribution is 4.99. The van der Waals surface area contributed by atoms with Crippen molar-refractivity contribution in [2.75, 3.05) is 6.54 Å². The molecule has 0 heterocycles. The maximum Gasteiger partial charge on any atom is 0.0684 e. The van der Waals surface area contributed by atoms with Gasteiger partial charge in [0, 0.05) is 13.0 Å². The molecule has 0 aliphatic carbocycles. The summed E-state index contributed by atoms with van der Waals surface area (Å²) < 4.78 is 0. The van der Waals surface area contributed by atoms with E-state index >= 15 is 0 Å². The minimum Gasteiger partial charge on any atom is -0.303 e. The van der Waals surface area contributed by atoms with Gasteiger partial charge in [0.05, 0.1) is 6.04 Å². The normalized spacial score (nSPS) is 11.0. The van der Waals surface area contributed by atoms with Gasteiger partial charge in [0.25, 0.3) is 0 Å². The van der Waals surface area contributed by atoms with Gasteiger partial charge in [-0.3, -0.25) is 0 Å². The second-order valence-corrected chi connectivity index (χ2v) is 2.26. The van der Waals surface area contributed by atoms with Crippen LogP contribution in [-0.4, -0.2) is 12.6 Å². The summed E-state index contributed by atoms with van der Waals surface area (Å²) in [5.41, 5.74) is 0. The van der Waals surface area contributed by atoms with Crippen LogP contribution in [0.5, 0.6) is 0 Å². The molecule has 0 aromatic heterocycles. The molecule has 11 heavy (non-hydrogen) atoms. The Kier molecular flexibility index (Phi) is 6.59. The maximum absolute atomic E-state index is 5.25. The fourth-order valence-electron chi connectivity index (χ4n) is 0.755. The third-order valence-electron chi connectivity index (χ3n) is 1.43. The Bertz CT molecular complexity index is 177. The lowest BCUT2D eigenvalue weighted by atomic mass is 10.2. The highest BCUT2D eigenvalue weighted by Gasteiger charge is 1.96. The van der Waals surface area contributed by atoms with Crippen molar-refractivity contribution < 1.29 is 0 Å². The maximum atomic E-state index is 5.25. The number of rotatable bonds is 4. The van der Waals surface area contributed by atoms with Gasteiger partial charge in [-0.15, -0.1) is 18.3 Å². The molecule has 0 saturated heterocycles. The number of nitrogens with one attached hydrogen (secondary N) is 1. The zero-order valence-corrected chi connectivity index (χ0v) is 7.28. The van der Waals surface area contributed by atoms with Crippen molar-refractivity contribution in [2.24, 2.45) is 0 Å². The predicted molar refractivity (Wildman–Crippen MR) is 49.0 cm³/mol. The molecule has 0 aliphatic rings. The van der Waals surface area contributed by atoms with E-state index in [4.69, 9.17) is 6.42 Å². The van der Waals surface area contributed by atoms with Crippen molar-refractivity contribution >= 4 is 0 Å². The quantitative estimate of drug-likeness (QED) is 0.470. The molecular weight excluding hydrogens is 134 g/mol. The fraction of sp³-hybridized carbons (Fsp3) is 0.600. The van der Waals surface area contributed by atoms with Crippen LogP contribution in [0.2, 0.25) is 0 Å². The van der Waals surface area contributed by atoms with Gasteiger partial charge in [-0.1, -0.05) is 12.8 Å². The van der Waals surface area contributed by atoms with Gasteiger partial charge < -0.3 is 5.32 Å². The zero-order chi connectivity index (χ0) is 8.53. The van der Waals surface area contributed by atoms with E-state index in [9.17, 15) is 0 Å². The molecule has 0 spiro atoms. The minimum atomic E-state index is 0.216. The Morgan fingerprint density at radius 1 is 1.55 bits per heavy atom. The molecule has 1 atom stereocenters. The molecule has 0 amide bonds. The summed E-state index contributed by atoms with van der Waals surface area (Å²) in [4.78, 5) is 0. The van der Waals surface area contributed by atoms with Gasteiger partial charge in [-0.05, 0) is 13.3 Å². The van der Waals surface area contributed by atoms with Crippen LogP contribution < -0.4 is 5.32 Å². The van der Waals surface area contributed by atoms with Gasteiger partial charge in [0.1, 0.15) is 0 Å². The van der Waals surface area contributed by atoms with E-state index in [1.54, 1.807) is 0 Å². The summed E-state index contributed by atoms with van der Waals surface area (Å²) in [6, 6.07) is 0.216. The van der Waals surface area contributed by atoms with Crippen LogP contribution >= 0.6 is 0 Å². The first-order valence-electron chi connectivity index (χ1n) is 3.94. The Morgan fingerprint density at radius 3 is 2.73 bits per heavy atom. The summed E-state index contributed by atoms with van der Waals surface area (Å²) in [7, 11) is 0. The van der Waals surface area contributed by atoms with E-state index < -0.39 is 0 Å². The molecule has 1 N–H and O–H groups in total. The van der Waals surface area contributed by atoms with Crippen molar-refractivity contribution in [3.63, 3.8) is 0 Å². The lowest BCUT2D eigenvalue weighted by molar-refractivity contribution is 0.601. The van der Waals surface area contributed by atoms with Crippen LogP contribution in [-0.2, 0) is 0 Å². The summed E-state index contributed by atoms with van der Waals surface area (Å²) in [5, 5.41) is 3.22. The Balaban J connectivity index is 3.35. The number of terminal acetylenes is 1.